The molecule has 6 aromatic carbocycles. The van der Waals surface area contributed by atoms with Gasteiger partial charge in [0, 0.05) is 43.8 Å². The Morgan fingerprint density at radius 1 is 0.655 bits per heavy atom. The first kappa shape index (κ1) is 32.9. The zero-order chi connectivity index (χ0) is 36.9. The number of anilines is 1. The van der Waals surface area contributed by atoms with Crippen LogP contribution in [0.3, 0.4) is 0 Å². The van der Waals surface area contributed by atoms with Crippen molar-refractivity contribution in [3.8, 4) is 16.9 Å². The van der Waals surface area contributed by atoms with Crippen LogP contribution in [0.15, 0.2) is 197 Å². The third-order valence-corrected chi connectivity index (χ3v) is 14.0. The van der Waals surface area contributed by atoms with Crippen LogP contribution < -0.4 is 9.64 Å². The number of hydrogen-bond donors (Lipinski definition) is 0. The lowest BCUT2D eigenvalue weighted by Gasteiger charge is -2.43. The van der Waals surface area contributed by atoms with Gasteiger partial charge in [-0.25, -0.2) is 0 Å². The van der Waals surface area contributed by atoms with E-state index >= 15 is 0 Å². The van der Waals surface area contributed by atoms with Crippen molar-refractivity contribution in [2.75, 3.05) is 4.90 Å². The van der Waals surface area contributed by atoms with Crippen molar-refractivity contribution in [3.63, 3.8) is 0 Å². The minimum Gasteiger partial charge on any atom is -0.460 e. The van der Waals surface area contributed by atoms with E-state index in [2.05, 4.69) is 195 Å². The van der Waals surface area contributed by atoms with Gasteiger partial charge in [-0.3, -0.25) is 0 Å². The SMILES string of the molecule is CC1C=CC=CC1N(C1=CC(c2ccccc2)C2(C)C(=C1)Oc1ccccc12)c1ccc2c(c1)Sc1cc(Cl)ccc1C21c2ccccc2-c2ccccc21. The van der Waals surface area contributed by atoms with E-state index in [0.717, 1.165) is 27.9 Å². The lowest BCUT2D eigenvalue weighted by Crippen LogP contribution is -2.41. The molecule has 0 aromatic heterocycles. The van der Waals surface area contributed by atoms with E-state index in [-0.39, 0.29) is 23.3 Å². The summed E-state index contributed by atoms with van der Waals surface area (Å²) in [5.74, 6) is 2.26. The summed E-state index contributed by atoms with van der Waals surface area (Å²) in [6.07, 6.45) is 13.9. The summed E-state index contributed by atoms with van der Waals surface area (Å²) < 4.78 is 6.81. The molecule has 0 saturated heterocycles. The van der Waals surface area contributed by atoms with Crippen LogP contribution in [-0.2, 0) is 10.8 Å². The van der Waals surface area contributed by atoms with Crippen LogP contribution in [0.4, 0.5) is 5.69 Å². The molecule has 0 fully saturated rings. The number of hydrogen-bond acceptors (Lipinski definition) is 3. The summed E-state index contributed by atoms with van der Waals surface area (Å²) in [4.78, 5) is 4.99. The van der Waals surface area contributed by atoms with Crippen molar-refractivity contribution >= 4 is 29.1 Å². The van der Waals surface area contributed by atoms with Gasteiger partial charge in [0.1, 0.15) is 11.5 Å². The summed E-state index contributed by atoms with van der Waals surface area (Å²) in [6.45, 7) is 4.67. The van der Waals surface area contributed by atoms with Crippen molar-refractivity contribution in [1.29, 1.82) is 0 Å². The second kappa shape index (κ2) is 12.3. The average molecular weight is 748 g/mol. The molecule has 55 heavy (non-hydrogen) atoms. The maximum absolute atomic E-state index is 6.81. The third kappa shape index (κ3) is 4.63. The zero-order valence-corrected chi connectivity index (χ0v) is 32.2. The number of halogens is 1. The third-order valence-electron chi connectivity index (χ3n) is 12.7. The number of benzene rings is 6. The molecule has 2 aliphatic heterocycles. The molecular formula is C51H38ClNOS. The van der Waals surface area contributed by atoms with Crippen molar-refractivity contribution in [3.05, 3.63) is 226 Å². The van der Waals surface area contributed by atoms with Gasteiger partial charge in [0.05, 0.1) is 16.9 Å². The Bertz CT molecular complexity index is 2640. The molecule has 0 bridgehead atoms. The molecule has 0 saturated carbocycles. The fourth-order valence-electron chi connectivity index (χ4n) is 10.1. The standard InChI is InChI=1S/C51H38ClNOS/c1-32-14-6-12-22-45(32)53(36-29-44(33-15-4-3-5-16-33)50(2)41-21-11-13-23-46(41)54-49(50)31-36)35-25-27-43-48(30-35)55-47-28-34(52)24-26-42(47)51(43)39-19-9-7-17-37(39)38-18-8-10-20-40(38)51/h3-32,44-45H,1-2H3. The molecule has 2 nitrogen and oxygen atoms in total. The van der Waals surface area contributed by atoms with Crippen molar-refractivity contribution in [2.24, 2.45) is 5.92 Å². The highest BCUT2D eigenvalue weighted by atomic mass is 35.5. The molecule has 4 heteroatoms. The summed E-state index contributed by atoms with van der Waals surface area (Å²) in [6, 6.07) is 51.2. The molecule has 6 aromatic rings. The summed E-state index contributed by atoms with van der Waals surface area (Å²) in [7, 11) is 0. The summed E-state index contributed by atoms with van der Waals surface area (Å²) >= 11 is 8.63. The van der Waals surface area contributed by atoms with E-state index in [0.29, 0.717) is 0 Å². The van der Waals surface area contributed by atoms with Crippen LogP contribution in [0.1, 0.15) is 53.1 Å². The second-order valence-corrected chi connectivity index (χ2v) is 17.1. The maximum Gasteiger partial charge on any atom is 0.131 e. The smallest absolute Gasteiger partial charge is 0.131 e. The van der Waals surface area contributed by atoms with E-state index in [4.69, 9.17) is 16.3 Å². The van der Waals surface area contributed by atoms with E-state index in [1.54, 1.807) is 0 Å². The number of ether oxygens (including phenoxy) is 1. The van der Waals surface area contributed by atoms with Crippen molar-refractivity contribution in [1.82, 2.24) is 0 Å². The van der Waals surface area contributed by atoms with Gasteiger partial charge in [-0.05, 0) is 82.1 Å². The van der Waals surface area contributed by atoms with Gasteiger partial charge in [0.15, 0.2) is 0 Å². The molecule has 0 amide bonds. The second-order valence-electron chi connectivity index (χ2n) is 15.5. The Morgan fingerprint density at radius 2 is 1.29 bits per heavy atom. The van der Waals surface area contributed by atoms with E-state index in [9.17, 15) is 0 Å². The van der Waals surface area contributed by atoms with E-state index in [1.807, 2.05) is 11.8 Å². The van der Waals surface area contributed by atoms with Crippen LogP contribution in [0.2, 0.25) is 5.02 Å². The monoisotopic (exact) mass is 747 g/mol. The Kier molecular flexibility index (Phi) is 7.34. The number of allylic oxidation sites excluding steroid dienone is 5. The minimum absolute atomic E-state index is 0.0593. The lowest BCUT2D eigenvalue weighted by atomic mass is 9.66. The quantitative estimate of drug-likeness (QED) is 0.178. The predicted molar refractivity (Wildman–Crippen MR) is 226 cm³/mol. The van der Waals surface area contributed by atoms with Crippen LogP contribution in [-0.4, -0.2) is 6.04 Å². The van der Waals surface area contributed by atoms with Crippen molar-refractivity contribution in [2.45, 2.75) is 46.4 Å². The summed E-state index contributed by atoms with van der Waals surface area (Å²) in [5.41, 5.74) is 11.8. The van der Waals surface area contributed by atoms with Gasteiger partial charge in [0.2, 0.25) is 0 Å². The van der Waals surface area contributed by atoms with Gasteiger partial charge in [-0.2, -0.15) is 0 Å². The van der Waals surface area contributed by atoms with Gasteiger partial charge >= 0.3 is 0 Å². The predicted octanol–water partition coefficient (Wildman–Crippen LogP) is 13.0. The fourth-order valence-corrected chi connectivity index (χ4v) is 11.6. The first-order chi connectivity index (χ1) is 27.0. The molecule has 0 N–H and O–H groups in total. The number of para-hydroxylation sites is 1. The number of fused-ring (bicyclic) bond motifs is 12. The maximum atomic E-state index is 6.81. The lowest BCUT2D eigenvalue weighted by molar-refractivity contribution is 0.354. The molecule has 266 valence electrons. The summed E-state index contributed by atoms with van der Waals surface area (Å²) in [5, 5.41) is 0.752. The fraction of sp³-hybridized carbons (Fsp3) is 0.137. The van der Waals surface area contributed by atoms with E-state index < -0.39 is 5.41 Å². The normalized spacial score (nSPS) is 23.0. The van der Waals surface area contributed by atoms with Gasteiger partial charge in [-0.1, -0.05) is 170 Å². The molecular weight excluding hydrogens is 710 g/mol. The Hall–Kier alpha value is -5.48. The van der Waals surface area contributed by atoms with Gasteiger partial charge in [0.25, 0.3) is 0 Å². The molecule has 1 spiro atoms. The van der Waals surface area contributed by atoms with Gasteiger partial charge < -0.3 is 9.64 Å². The van der Waals surface area contributed by atoms with Crippen molar-refractivity contribution < 1.29 is 4.74 Å². The molecule has 5 aliphatic rings. The zero-order valence-electron chi connectivity index (χ0n) is 30.6. The van der Waals surface area contributed by atoms with Crippen LogP contribution in [0, 0.1) is 5.92 Å². The molecule has 3 aliphatic carbocycles. The first-order valence-corrected chi connectivity index (χ1v) is 20.4. The number of nitrogens with zero attached hydrogens (tertiary/aromatic N) is 1. The first-order valence-electron chi connectivity index (χ1n) is 19.2. The molecule has 4 unspecified atom stereocenters. The molecule has 4 atom stereocenters. The highest BCUT2D eigenvalue weighted by Gasteiger charge is 2.52. The largest absolute Gasteiger partial charge is 0.460 e. The Labute approximate surface area is 332 Å². The molecule has 11 rings (SSSR count). The van der Waals surface area contributed by atoms with Crippen LogP contribution in [0.25, 0.3) is 11.1 Å². The highest BCUT2D eigenvalue weighted by Crippen LogP contribution is 2.63. The van der Waals surface area contributed by atoms with Crippen LogP contribution in [0.5, 0.6) is 5.75 Å². The topological polar surface area (TPSA) is 12.5 Å². The van der Waals surface area contributed by atoms with Crippen LogP contribution >= 0.6 is 23.4 Å². The van der Waals surface area contributed by atoms with E-state index in [1.165, 1.54) is 54.3 Å². The Morgan fingerprint density at radius 3 is 2.04 bits per heavy atom. The van der Waals surface area contributed by atoms with Gasteiger partial charge in [-0.15, -0.1) is 0 Å². The highest BCUT2D eigenvalue weighted by molar-refractivity contribution is 7.99. The molecule has 2 heterocycles. The average Bonchev–Trinajstić information content (AvgIpc) is 3.68. The molecule has 0 radical (unpaired) electrons. The number of rotatable bonds is 4. The minimum atomic E-state index is -0.465. The Balaban J connectivity index is 1.14.